The summed E-state index contributed by atoms with van der Waals surface area (Å²) in [7, 11) is 0. The minimum Gasteiger partial charge on any atom is -0.466 e. The van der Waals surface area contributed by atoms with Crippen molar-refractivity contribution in [1.29, 1.82) is 0 Å². The summed E-state index contributed by atoms with van der Waals surface area (Å²) in [6.07, 6.45) is 3.42. The van der Waals surface area contributed by atoms with Gasteiger partial charge in [0.05, 0.1) is 18.4 Å². The maximum absolute atomic E-state index is 12.2. The molecule has 3 rings (SSSR count). The van der Waals surface area contributed by atoms with Gasteiger partial charge in [-0.05, 0) is 50.8 Å². The molecule has 0 bridgehead atoms. The Hall–Kier alpha value is -2.01. The Morgan fingerprint density at radius 2 is 2.24 bits per heavy atom. The van der Waals surface area contributed by atoms with Crippen LogP contribution >= 0.6 is 0 Å². The van der Waals surface area contributed by atoms with E-state index in [0.29, 0.717) is 22.8 Å². The Morgan fingerprint density at radius 1 is 1.48 bits per heavy atom. The Labute approximate surface area is 122 Å². The summed E-state index contributed by atoms with van der Waals surface area (Å²) in [6.45, 7) is 3.68. The third-order valence-corrected chi connectivity index (χ3v) is 4.00. The van der Waals surface area contributed by atoms with E-state index in [9.17, 15) is 9.90 Å². The lowest BCUT2D eigenvalue weighted by molar-refractivity contribution is -0.00612. The number of aliphatic hydroxyl groups is 1. The lowest BCUT2D eigenvalue weighted by Crippen LogP contribution is -2.42. The van der Waals surface area contributed by atoms with Crippen LogP contribution in [0.2, 0.25) is 0 Å². The minimum atomic E-state index is -1.13. The molecule has 2 heterocycles. The highest BCUT2D eigenvalue weighted by Gasteiger charge is 2.47. The van der Waals surface area contributed by atoms with Gasteiger partial charge in [-0.1, -0.05) is 0 Å². The molecule has 0 aliphatic heterocycles. The summed E-state index contributed by atoms with van der Waals surface area (Å²) < 4.78 is 10.7. The van der Waals surface area contributed by atoms with Crippen LogP contribution < -0.4 is 5.32 Å². The predicted octanol–water partition coefficient (Wildman–Crippen LogP) is 2.52. The number of amides is 1. The van der Waals surface area contributed by atoms with E-state index in [0.717, 1.165) is 12.8 Å². The van der Waals surface area contributed by atoms with Gasteiger partial charge in [-0.25, -0.2) is 0 Å². The molecular formula is C16H19NO4. The standard InChI is InChI=1S/C16H19NO4/c1-10-8-13(11(2)21-10)15(18)17-9-16(19,12-5-6-12)14-4-3-7-20-14/h3-4,7-8,12,19H,5-6,9H2,1-2H3,(H,17,18)/t16-/m0/s1. The van der Waals surface area contributed by atoms with Gasteiger partial charge < -0.3 is 19.3 Å². The third kappa shape index (κ3) is 2.61. The zero-order chi connectivity index (χ0) is 15.0. The molecule has 1 aliphatic carbocycles. The molecule has 0 unspecified atom stereocenters. The average Bonchev–Trinajstić information content (AvgIpc) is 3.05. The third-order valence-electron chi connectivity index (χ3n) is 4.00. The SMILES string of the molecule is Cc1cc(C(=O)NC[C@@](O)(c2ccco2)C2CC2)c(C)o1. The molecule has 21 heavy (non-hydrogen) atoms. The normalized spacial score (nSPS) is 17.5. The van der Waals surface area contributed by atoms with Crippen LogP contribution in [-0.2, 0) is 5.60 Å². The lowest BCUT2D eigenvalue weighted by Gasteiger charge is -2.26. The topological polar surface area (TPSA) is 75.6 Å². The van der Waals surface area contributed by atoms with Gasteiger partial charge in [0.25, 0.3) is 5.91 Å². The minimum absolute atomic E-state index is 0.133. The zero-order valence-corrected chi connectivity index (χ0v) is 12.2. The van der Waals surface area contributed by atoms with Crippen LogP contribution in [0.3, 0.4) is 0 Å². The monoisotopic (exact) mass is 289 g/mol. The molecular weight excluding hydrogens is 270 g/mol. The van der Waals surface area contributed by atoms with E-state index >= 15 is 0 Å². The van der Waals surface area contributed by atoms with Gasteiger partial charge >= 0.3 is 0 Å². The lowest BCUT2D eigenvalue weighted by atomic mass is 9.94. The summed E-state index contributed by atoms with van der Waals surface area (Å²) in [5.74, 6) is 1.68. The summed E-state index contributed by atoms with van der Waals surface area (Å²) >= 11 is 0. The number of nitrogens with one attached hydrogen (secondary N) is 1. The fraction of sp³-hybridized carbons (Fsp3) is 0.438. The maximum atomic E-state index is 12.2. The van der Waals surface area contributed by atoms with Crippen molar-refractivity contribution >= 4 is 5.91 Å². The van der Waals surface area contributed by atoms with Gasteiger partial charge in [0.15, 0.2) is 0 Å². The van der Waals surface area contributed by atoms with E-state index in [4.69, 9.17) is 8.83 Å². The van der Waals surface area contributed by atoms with Crippen molar-refractivity contribution in [2.24, 2.45) is 5.92 Å². The fourth-order valence-electron chi connectivity index (χ4n) is 2.68. The highest BCUT2D eigenvalue weighted by molar-refractivity contribution is 5.95. The largest absolute Gasteiger partial charge is 0.466 e. The summed E-state index contributed by atoms with van der Waals surface area (Å²) in [5.41, 5.74) is -0.628. The molecule has 5 nitrogen and oxygen atoms in total. The second-order valence-corrected chi connectivity index (χ2v) is 5.69. The Morgan fingerprint density at radius 3 is 2.76 bits per heavy atom. The first-order valence-electron chi connectivity index (χ1n) is 7.12. The van der Waals surface area contributed by atoms with Crippen molar-refractivity contribution in [2.75, 3.05) is 6.54 Å². The van der Waals surface area contributed by atoms with Crippen molar-refractivity contribution in [3.8, 4) is 0 Å². The van der Waals surface area contributed by atoms with Crippen LogP contribution in [0.4, 0.5) is 0 Å². The van der Waals surface area contributed by atoms with Crippen LogP contribution in [0.1, 0.15) is 40.5 Å². The molecule has 0 spiro atoms. The highest BCUT2D eigenvalue weighted by Crippen LogP contribution is 2.45. The quantitative estimate of drug-likeness (QED) is 0.886. The highest BCUT2D eigenvalue weighted by atomic mass is 16.4. The van der Waals surface area contributed by atoms with Crippen molar-refractivity contribution in [3.05, 3.63) is 47.3 Å². The van der Waals surface area contributed by atoms with Gasteiger partial charge in [0.1, 0.15) is 22.9 Å². The zero-order valence-electron chi connectivity index (χ0n) is 12.2. The molecule has 2 N–H and O–H groups in total. The summed E-state index contributed by atoms with van der Waals surface area (Å²) in [6, 6.07) is 5.19. The van der Waals surface area contributed by atoms with E-state index < -0.39 is 5.60 Å². The van der Waals surface area contributed by atoms with Crippen LogP contribution in [0.25, 0.3) is 0 Å². The molecule has 0 radical (unpaired) electrons. The first kappa shape index (κ1) is 13.9. The Bertz CT molecular complexity index is 639. The van der Waals surface area contributed by atoms with Crippen LogP contribution in [0.15, 0.2) is 33.3 Å². The summed E-state index contributed by atoms with van der Waals surface area (Å²) in [5, 5.41) is 13.6. The number of rotatable bonds is 5. The van der Waals surface area contributed by atoms with Gasteiger partial charge in [0.2, 0.25) is 0 Å². The van der Waals surface area contributed by atoms with Crippen molar-refractivity contribution in [2.45, 2.75) is 32.3 Å². The van der Waals surface area contributed by atoms with Crippen LogP contribution in [-0.4, -0.2) is 17.6 Å². The average molecular weight is 289 g/mol. The Kier molecular flexibility index (Phi) is 3.37. The van der Waals surface area contributed by atoms with E-state index in [1.807, 2.05) is 0 Å². The van der Waals surface area contributed by atoms with E-state index in [1.54, 1.807) is 32.0 Å². The molecule has 1 saturated carbocycles. The van der Waals surface area contributed by atoms with Gasteiger partial charge in [-0.15, -0.1) is 0 Å². The number of carbonyl (C=O) groups is 1. The predicted molar refractivity (Wildman–Crippen MR) is 75.8 cm³/mol. The number of hydrogen-bond donors (Lipinski definition) is 2. The Balaban J connectivity index is 1.73. The molecule has 5 heteroatoms. The number of hydrogen-bond acceptors (Lipinski definition) is 4. The second-order valence-electron chi connectivity index (χ2n) is 5.69. The number of carbonyl (C=O) groups excluding carboxylic acids is 1. The number of aryl methyl sites for hydroxylation is 2. The van der Waals surface area contributed by atoms with E-state index in [-0.39, 0.29) is 18.4 Å². The molecule has 2 aromatic heterocycles. The van der Waals surface area contributed by atoms with E-state index in [2.05, 4.69) is 5.32 Å². The van der Waals surface area contributed by atoms with E-state index in [1.165, 1.54) is 6.26 Å². The molecule has 112 valence electrons. The molecule has 1 aliphatic rings. The van der Waals surface area contributed by atoms with Gasteiger partial charge in [-0.3, -0.25) is 4.79 Å². The maximum Gasteiger partial charge on any atom is 0.254 e. The van der Waals surface area contributed by atoms with Crippen molar-refractivity contribution < 1.29 is 18.7 Å². The molecule has 0 saturated heterocycles. The second kappa shape index (κ2) is 5.07. The molecule has 2 aromatic rings. The number of furan rings is 2. The van der Waals surface area contributed by atoms with Crippen molar-refractivity contribution in [1.82, 2.24) is 5.32 Å². The molecule has 1 amide bonds. The van der Waals surface area contributed by atoms with Crippen LogP contribution in [0.5, 0.6) is 0 Å². The van der Waals surface area contributed by atoms with Gasteiger partial charge in [-0.2, -0.15) is 0 Å². The summed E-state index contributed by atoms with van der Waals surface area (Å²) in [4.78, 5) is 12.2. The fourth-order valence-corrected chi connectivity index (χ4v) is 2.68. The molecule has 1 atom stereocenters. The van der Waals surface area contributed by atoms with Gasteiger partial charge in [0, 0.05) is 0 Å². The molecule has 0 aromatic carbocycles. The molecule has 1 fully saturated rings. The first-order chi connectivity index (χ1) is 10.0. The van der Waals surface area contributed by atoms with Crippen LogP contribution in [0, 0.1) is 19.8 Å². The smallest absolute Gasteiger partial charge is 0.254 e. The van der Waals surface area contributed by atoms with Crippen molar-refractivity contribution in [3.63, 3.8) is 0 Å². The first-order valence-corrected chi connectivity index (χ1v) is 7.12.